The van der Waals surface area contributed by atoms with Gasteiger partial charge < -0.3 is 9.72 Å². The maximum absolute atomic E-state index is 13.3. The number of benzene rings is 2. The van der Waals surface area contributed by atoms with Gasteiger partial charge in [0, 0.05) is 22.9 Å². The molecule has 0 aliphatic carbocycles. The maximum Gasteiger partial charge on any atom is 0.326 e. The van der Waals surface area contributed by atoms with Gasteiger partial charge in [-0.1, -0.05) is 23.2 Å². The normalized spacial score (nSPS) is 10.7. The third-order valence-electron chi connectivity index (χ3n) is 4.37. The minimum Gasteiger partial charge on any atom is -0.465 e. The van der Waals surface area contributed by atoms with E-state index in [1.54, 1.807) is 6.92 Å². The number of fused-ring (bicyclic) bond motifs is 2. The number of ether oxygens (including phenoxy) is 1. The van der Waals surface area contributed by atoms with E-state index in [2.05, 4.69) is 4.98 Å². The molecule has 0 saturated carbocycles. The zero-order valence-electron chi connectivity index (χ0n) is 16.6. The Hall–Kier alpha value is -3.23. The topological polar surface area (TPSA) is 81.2 Å². The number of aromatic amines is 1. The lowest BCUT2D eigenvalue weighted by Gasteiger charge is -2.10. The molecular formula is C22H16Cl2F2N2O4. The van der Waals surface area contributed by atoms with Crippen LogP contribution < -0.4 is 11.1 Å². The Morgan fingerprint density at radius 1 is 0.969 bits per heavy atom. The molecule has 2 aromatic heterocycles. The fraction of sp³-hybridized carbons (Fsp3) is 0.136. The molecule has 4 rings (SSSR count). The third kappa shape index (κ3) is 5.33. The van der Waals surface area contributed by atoms with E-state index >= 15 is 0 Å². The Bertz CT molecular complexity index is 1430. The van der Waals surface area contributed by atoms with E-state index in [1.807, 2.05) is 0 Å². The predicted octanol–water partition coefficient (Wildman–Crippen LogP) is 4.68. The van der Waals surface area contributed by atoms with Crippen molar-refractivity contribution in [1.82, 2.24) is 9.55 Å². The summed E-state index contributed by atoms with van der Waals surface area (Å²) >= 11 is 11.7. The van der Waals surface area contributed by atoms with Crippen molar-refractivity contribution >= 4 is 51.0 Å². The molecule has 1 N–H and O–H groups in total. The monoisotopic (exact) mass is 480 g/mol. The van der Waals surface area contributed by atoms with Gasteiger partial charge in [-0.05, 0) is 43.3 Å². The molecule has 0 radical (unpaired) electrons. The Morgan fingerprint density at radius 3 is 2.28 bits per heavy atom. The van der Waals surface area contributed by atoms with Crippen molar-refractivity contribution in [2.75, 3.05) is 6.61 Å². The molecule has 166 valence electrons. The highest BCUT2D eigenvalue weighted by Gasteiger charge is 2.12. The molecule has 0 unspecified atom stereocenters. The molecule has 2 aromatic carbocycles. The number of pyridine rings is 2. The minimum absolute atomic E-state index is 0.216. The Labute approximate surface area is 190 Å². The van der Waals surface area contributed by atoms with Crippen LogP contribution in [0.5, 0.6) is 0 Å². The summed E-state index contributed by atoms with van der Waals surface area (Å²) in [6.45, 7) is 1.61. The van der Waals surface area contributed by atoms with Gasteiger partial charge in [0.1, 0.15) is 18.2 Å². The first-order valence-corrected chi connectivity index (χ1v) is 10.1. The van der Waals surface area contributed by atoms with E-state index in [0.29, 0.717) is 21.3 Å². The van der Waals surface area contributed by atoms with Gasteiger partial charge in [-0.25, -0.2) is 8.78 Å². The van der Waals surface area contributed by atoms with Gasteiger partial charge in [0.15, 0.2) is 0 Å². The lowest BCUT2D eigenvalue weighted by molar-refractivity contribution is -0.143. The van der Waals surface area contributed by atoms with Crippen LogP contribution in [0.1, 0.15) is 6.92 Å². The molecular weight excluding hydrogens is 465 g/mol. The first-order valence-electron chi connectivity index (χ1n) is 9.32. The van der Waals surface area contributed by atoms with Crippen LogP contribution in [0, 0.1) is 11.6 Å². The van der Waals surface area contributed by atoms with Crippen LogP contribution in [0.2, 0.25) is 10.0 Å². The molecule has 0 aliphatic rings. The van der Waals surface area contributed by atoms with Crippen LogP contribution in [0.25, 0.3) is 21.8 Å². The number of hydrogen-bond acceptors (Lipinski definition) is 4. The molecule has 0 fully saturated rings. The summed E-state index contributed by atoms with van der Waals surface area (Å²) in [5, 5.41) is 1.70. The van der Waals surface area contributed by atoms with Crippen molar-refractivity contribution in [2.24, 2.45) is 0 Å². The SMILES string of the molecule is CCOC(=O)Cn1c(=O)cc(Cl)c2ccc(F)cc21.O=c1cc(Cl)c2ccc(F)cc2[nH]1. The van der Waals surface area contributed by atoms with Gasteiger partial charge >= 0.3 is 5.97 Å². The fourth-order valence-corrected chi connectivity index (χ4v) is 3.52. The Balaban J connectivity index is 0.000000193. The zero-order valence-corrected chi connectivity index (χ0v) is 18.1. The number of H-pyrrole nitrogens is 1. The molecule has 6 nitrogen and oxygen atoms in total. The summed E-state index contributed by atoms with van der Waals surface area (Å²) in [5.74, 6) is -1.46. The summed E-state index contributed by atoms with van der Waals surface area (Å²) in [6, 6.07) is 10.4. The standard InChI is InChI=1S/C13H11ClFNO3.C9H5ClFNO/c1-2-19-13(18)7-16-11-5-8(15)3-4-9(11)10(14)6-12(16)17;10-7-4-9(13)12-8-3-5(11)1-2-6(7)8/h3-6H,2,7H2,1H3;1-4H,(H,12,13). The lowest BCUT2D eigenvalue weighted by atomic mass is 10.2. The largest absolute Gasteiger partial charge is 0.465 e. The molecule has 4 aromatic rings. The molecule has 0 spiro atoms. The van der Waals surface area contributed by atoms with Gasteiger partial charge in [-0.3, -0.25) is 19.0 Å². The Kier molecular flexibility index (Phi) is 7.27. The highest BCUT2D eigenvalue weighted by molar-refractivity contribution is 6.35. The van der Waals surface area contributed by atoms with Crippen molar-refractivity contribution in [3.05, 3.63) is 90.9 Å². The highest BCUT2D eigenvalue weighted by Crippen LogP contribution is 2.22. The van der Waals surface area contributed by atoms with Gasteiger partial charge in [-0.15, -0.1) is 0 Å². The molecule has 0 bridgehead atoms. The summed E-state index contributed by atoms with van der Waals surface area (Å²) in [6.07, 6.45) is 0. The van der Waals surface area contributed by atoms with Gasteiger partial charge in [0.05, 0.1) is 27.7 Å². The van der Waals surface area contributed by atoms with Crippen LogP contribution >= 0.6 is 23.2 Å². The number of carbonyl (C=O) groups excluding carboxylic acids is 1. The average Bonchev–Trinajstić information content (AvgIpc) is 2.71. The van der Waals surface area contributed by atoms with E-state index in [1.165, 1.54) is 48.5 Å². The summed E-state index contributed by atoms with van der Waals surface area (Å²) in [4.78, 5) is 36.8. The number of esters is 1. The molecule has 10 heteroatoms. The second-order valence-corrected chi connectivity index (χ2v) is 7.37. The van der Waals surface area contributed by atoms with Gasteiger partial charge in [0.25, 0.3) is 5.56 Å². The van der Waals surface area contributed by atoms with Gasteiger partial charge in [-0.2, -0.15) is 0 Å². The van der Waals surface area contributed by atoms with Crippen LogP contribution in [0.3, 0.4) is 0 Å². The molecule has 32 heavy (non-hydrogen) atoms. The highest BCUT2D eigenvalue weighted by atomic mass is 35.5. The summed E-state index contributed by atoms with van der Waals surface area (Å²) in [5.41, 5.74) is -0.123. The van der Waals surface area contributed by atoms with E-state index in [-0.39, 0.29) is 29.3 Å². The van der Waals surface area contributed by atoms with E-state index in [4.69, 9.17) is 27.9 Å². The van der Waals surface area contributed by atoms with Crippen molar-refractivity contribution < 1.29 is 18.3 Å². The van der Waals surface area contributed by atoms with Gasteiger partial charge in [0.2, 0.25) is 5.56 Å². The number of halogens is 4. The van der Waals surface area contributed by atoms with Crippen LogP contribution in [-0.4, -0.2) is 22.1 Å². The summed E-state index contributed by atoms with van der Waals surface area (Å²) in [7, 11) is 0. The second-order valence-electron chi connectivity index (χ2n) is 6.55. The van der Waals surface area contributed by atoms with Crippen molar-refractivity contribution in [2.45, 2.75) is 13.5 Å². The predicted molar refractivity (Wildman–Crippen MR) is 119 cm³/mol. The van der Waals surface area contributed by atoms with Crippen LogP contribution in [0.15, 0.2) is 58.1 Å². The third-order valence-corrected chi connectivity index (χ3v) is 5.00. The Morgan fingerprint density at radius 2 is 1.59 bits per heavy atom. The number of nitrogens with zero attached hydrogens (tertiary/aromatic N) is 1. The smallest absolute Gasteiger partial charge is 0.326 e. The van der Waals surface area contributed by atoms with E-state index in [9.17, 15) is 23.2 Å². The first-order chi connectivity index (χ1) is 15.2. The van der Waals surface area contributed by atoms with Crippen LogP contribution in [0.4, 0.5) is 8.78 Å². The quantitative estimate of drug-likeness (QED) is 0.431. The molecule has 0 atom stereocenters. The molecule has 0 aliphatic heterocycles. The van der Waals surface area contributed by atoms with E-state index in [0.717, 1.165) is 4.57 Å². The number of carbonyl (C=O) groups is 1. The zero-order chi connectivity index (χ0) is 23.4. The fourth-order valence-electron chi connectivity index (χ4n) is 3.00. The minimum atomic E-state index is -0.558. The molecule has 0 saturated heterocycles. The van der Waals surface area contributed by atoms with Crippen molar-refractivity contribution in [3.8, 4) is 0 Å². The maximum atomic E-state index is 13.3. The van der Waals surface area contributed by atoms with Crippen LogP contribution in [-0.2, 0) is 16.1 Å². The van der Waals surface area contributed by atoms with Crippen molar-refractivity contribution in [1.29, 1.82) is 0 Å². The van der Waals surface area contributed by atoms with Crippen molar-refractivity contribution in [3.63, 3.8) is 0 Å². The number of aromatic nitrogens is 2. The second kappa shape index (κ2) is 9.93. The molecule has 0 amide bonds. The number of hydrogen-bond donors (Lipinski definition) is 1. The van der Waals surface area contributed by atoms with E-state index < -0.39 is 23.2 Å². The lowest BCUT2D eigenvalue weighted by Crippen LogP contribution is -2.25. The average molecular weight is 481 g/mol. The number of nitrogens with one attached hydrogen (secondary N) is 1. The first kappa shape index (κ1) is 23.4. The summed E-state index contributed by atoms with van der Waals surface area (Å²) < 4.78 is 32.0. The molecule has 2 heterocycles. The number of rotatable bonds is 3.